The van der Waals surface area contributed by atoms with E-state index in [1.165, 1.54) is 0 Å². The van der Waals surface area contributed by atoms with Gasteiger partial charge < -0.3 is 14.4 Å². The number of aliphatic hydroxyl groups is 1. The van der Waals surface area contributed by atoms with E-state index < -0.39 is 0 Å². The van der Waals surface area contributed by atoms with Gasteiger partial charge in [0, 0.05) is 6.54 Å². The molecule has 2 aromatic heterocycles. The van der Waals surface area contributed by atoms with Crippen molar-refractivity contribution in [2.45, 2.75) is 25.4 Å². The highest BCUT2D eigenvalue weighted by Gasteiger charge is 2.33. The second kappa shape index (κ2) is 6.76. The minimum Gasteiger partial charge on any atom is -0.423 e. The van der Waals surface area contributed by atoms with E-state index in [4.69, 9.17) is 9.40 Å². The molecule has 3 heterocycles. The van der Waals surface area contributed by atoms with Crippen molar-refractivity contribution < 1.29 is 9.52 Å². The summed E-state index contributed by atoms with van der Waals surface area (Å²) in [4.78, 5) is 24.5. The van der Waals surface area contributed by atoms with Gasteiger partial charge in [-0.3, -0.25) is 9.36 Å². The monoisotopic (exact) mass is 376 g/mol. The molecule has 0 amide bonds. The molecule has 0 bridgehead atoms. The summed E-state index contributed by atoms with van der Waals surface area (Å²) in [5.41, 5.74) is 2.09. The Hall–Kier alpha value is -3.19. The smallest absolute Gasteiger partial charge is 0.299 e. The first-order valence-corrected chi connectivity index (χ1v) is 9.49. The summed E-state index contributed by atoms with van der Waals surface area (Å²) in [5, 5.41) is 10.1. The molecule has 142 valence electrons. The van der Waals surface area contributed by atoms with Crippen molar-refractivity contribution in [1.82, 2.24) is 14.5 Å². The number of benzene rings is 2. The molecule has 5 rings (SSSR count). The number of nitrogens with zero attached hydrogens (tertiary/aromatic N) is 4. The van der Waals surface area contributed by atoms with Gasteiger partial charge in [0.2, 0.25) is 0 Å². The maximum Gasteiger partial charge on any atom is 0.299 e. The van der Waals surface area contributed by atoms with Crippen LogP contribution in [0.1, 0.15) is 24.7 Å². The molecule has 1 unspecified atom stereocenters. The van der Waals surface area contributed by atoms with Crippen LogP contribution in [0.5, 0.6) is 0 Å². The molecular formula is C21H20N4O3. The summed E-state index contributed by atoms with van der Waals surface area (Å²) in [5.74, 6) is 0.650. The number of aliphatic hydroxyl groups excluding tert-OH is 1. The lowest BCUT2D eigenvalue weighted by Gasteiger charge is -2.25. The fourth-order valence-corrected chi connectivity index (χ4v) is 4.00. The molecule has 0 radical (unpaired) electrons. The Balaban J connectivity index is 1.65. The van der Waals surface area contributed by atoms with E-state index in [0.717, 1.165) is 30.5 Å². The molecular weight excluding hydrogens is 356 g/mol. The van der Waals surface area contributed by atoms with E-state index in [0.29, 0.717) is 22.7 Å². The number of fused-ring (bicyclic) bond motifs is 2. The standard InChI is InChI=1S/C21H20N4O3/c26-13-12-25-19(22-15-7-2-1-6-14(15)20(25)27)17-9-5-11-24(17)21-23-16-8-3-4-10-18(16)28-21/h1-4,6-8,10,17,26H,5,9,11-13H2. The van der Waals surface area contributed by atoms with Gasteiger partial charge in [0.15, 0.2) is 5.58 Å². The SMILES string of the molecule is O=c1c2ccccc2nc(C2CCCN2c2nc3ccccc3o2)n1CCO. The molecule has 1 N–H and O–H groups in total. The highest BCUT2D eigenvalue weighted by atomic mass is 16.4. The lowest BCUT2D eigenvalue weighted by molar-refractivity contribution is 0.270. The van der Waals surface area contributed by atoms with Crippen LogP contribution in [0, 0.1) is 0 Å². The van der Waals surface area contributed by atoms with Gasteiger partial charge in [0.25, 0.3) is 11.6 Å². The highest BCUT2D eigenvalue weighted by Crippen LogP contribution is 2.36. The van der Waals surface area contributed by atoms with Crippen molar-refractivity contribution in [3.8, 4) is 0 Å². The normalized spacial score (nSPS) is 17.0. The lowest BCUT2D eigenvalue weighted by Crippen LogP contribution is -2.33. The fourth-order valence-electron chi connectivity index (χ4n) is 4.00. The van der Waals surface area contributed by atoms with Gasteiger partial charge in [0.1, 0.15) is 11.3 Å². The molecule has 1 saturated heterocycles. The van der Waals surface area contributed by atoms with E-state index in [2.05, 4.69) is 9.88 Å². The summed E-state index contributed by atoms with van der Waals surface area (Å²) < 4.78 is 7.56. The number of rotatable bonds is 4. The summed E-state index contributed by atoms with van der Waals surface area (Å²) in [6.07, 6.45) is 1.79. The number of hydrogen-bond donors (Lipinski definition) is 1. The Morgan fingerprint density at radius 3 is 2.68 bits per heavy atom. The molecule has 1 atom stereocenters. The van der Waals surface area contributed by atoms with Crippen molar-refractivity contribution in [2.24, 2.45) is 0 Å². The lowest BCUT2D eigenvalue weighted by atomic mass is 10.1. The van der Waals surface area contributed by atoms with Gasteiger partial charge in [-0.1, -0.05) is 24.3 Å². The van der Waals surface area contributed by atoms with Crippen LogP contribution in [0.25, 0.3) is 22.0 Å². The minimum atomic E-state index is -0.128. The van der Waals surface area contributed by atoms with Crippen LogP contribution in [0.15, 0.2) is 57.7 Å². The summed E-state index contributed by atoms with van der Waals surface area (Å²) in [6, 6.07) is 15.4. The zero-order valence-corrected chi connectivity index (χ0v) is 15.3. The molecule has 0 spiro atoms. The molecule has 0 saturated carbocycles. The van der Waals surface area contributed by atoms with E-state index in [1.807, 2.05) is 42.5 Å². The Labute approximate surface area is 160 Å². The number of anilines is 1. The molecule has 4 aromatic rings. The summed E-state index contributed by atoms with van der Waals surface area (Å²) in [7, 11) is 0. The first kappa shape index (κ1) is 16.9. The summed E-state index contributed by atoms with van der Waals surface area (Å²) in [6.45, 7) is 0.867. The van der Waals surface area contributed by atoms with Crippen LogP contribution >= 0.6 is 0 Å². The third-order valence-electron chi connectivity index (χ3n) is 5.29. The first-order valence-electron chi connectivity index (χ1n) is 9.49. The maximum atomic E-state index is 13.0. The maximum absolute atomic E-state index is 13.0. The van der Waals surface area contributed by atoms with Gasteiger partial charge >= 0.3 is 0 Å². The molecule has 0 aliphatic carbocycles. The molecule has 7 nitrogen and oxygen atoms in total. The van der Waals surface area contributed by atoms with E-state index in [1.54, 1.807) is 10.6 Å². The number of hydrogen-bond acceptors (Lipinski definition) is 6. The average molecular weight is 376 g/mol. The van der Waals surface area contributed by atoms with Gasteiger partial charge in [-0.15, -0.1) is 0 Å². The predicted octanol–water partition coefficient (Wildman–Crippen LogP) is 2.87. The van der Waals surface area contributed by atoms with E-state index in [-0.39, 0.29) is 24.8 Å². The second-order valence-corrected chi connectivity index (χ2v) is 6.98. The Morgan fingerprint density at radius 1 is 1.07 bits per heavy atom. The first-order chi connectivity index (χ1) is 13.8. The van der Waals surface area contributed by atoms with Crippen LogP contribution in [0.4, 0.5) is 6.01 Å². The highest BCUT2D eigenvalue weighted by molar-refractivity contribution is 5.77. The quantitative estimate of drug-likeness (QED) is 0.590. The second-order valence-electron chi connectivity index (χ2n) is 6.98. The third kappa shape index (κ3) is 2.66. The predicted molar refractivity (Wildman–Crippen MR) is 106 cm³/mol. The largest absolute Gasteiger partial charge is 0.423 e. The van der Waals surface area contributed by atoms with Gasteiger partial charge in [-0.2, -0.15) is 4.98 Å². The topological polar surface area (TPSA) is 84.4 Å². The number of aromatic nitrogens is 3. The minimum absolute atomic E-state index is 0.122. The van der Waals surface area contributed by atoms with Crippen LogP contribution in [-0.4, -0.2) is 32.8 Å². The molecule has 28 heavy (non-hydrogen) atoms. The van der Waals surface area contributed by atoms with Crippen molar-refractivity contribution >= 4 is 28.0 Å². The Morgan fingerprint density at radius 2 is 1.86 bits per heavy atom. The van der Waals surface area contributed by atoms with Crippen LogP contribution < -0.4 is 10.5 Å². The molecule has 1 fully saturated rings. The average Bonchev–Trinajstić information content (AvgIpc) is 3.36. The Bertz CT molecular complexity index is 1180. The van der Waals surface area contributed by atoms with Crippen molar-refractivity contribution in [1.29, 1.82) is 0 Å². The summed E-state index contributed by atoms with van der Waals surface area (Å²) >= 11 is 0. The van der Waals surface area contributed by atoms with Crippen LogP contribution in [0.3, 0.4) is 0 Å². The van der Waals surface area contributed by atoms with Gasteiger partial charge in [0.05, 0.1) is 30.1 Å². The zero-order chi connectivity index (χ0) is 19.1. The van der Waals surface area contributed by atoms with Crippen molar-refractivity contribution in [3.05, 3.63) is 64.7 Å². The van der Waals surface area contributed by atoms with Gasteiger partial charge in [-0.25, -0.2) is 4.98 Å². The van der Waals surface area contributed by atoms with E-state index >= 15 is 0 Å². The number of oxazole rings is 1. The third-order valence-corrected chi connectivity index (χ3v) is 5.29. The fraction of sp³-hybridized carbons (Fsp3) is 0.286. The molecule has 7 heteroatoms. The van der Waals surface area contributed by atoms with Crippen LogP contribution in [0.2, 0.25) is 0 Å². The van der Waals surface area contributed by atoms with Crippen molar-refractivity contribution in [3.63, 3.8) is 0 Å². The molecule has 1 aliphatic rings. The van der Waals surface area contributed by atoms with E-state index in [9.17, 15) is 9.90 Å². The Kier molecular flexibility index (Phi) is 4.09. The number of para-hydroxylation sites is 3. The van der Waals surface area contributed by atoms with Crippen LogP contribution in [-0.2, 0) is 6.54 Å². The van der Waals surface area contributed by atoms with Gasteiger partial charge in [-0.05, 0) is 37.1 Å². The molecule has 1 aliphatic heterocycles. The zero-order valence-electron chi connectivity index (χ0n) is 15.3. The molecule has 2 aromatic carbocycles. The van der Waals surface area contributed by atoms with Crippen molar-refractivity contribution in [2.75, 3.05) is 18.1 Å².